The third-order valence-electron chi connectivity index (χ3n) is 2.46. The van der Waals surface area contributed by atoms with Crippen LogP contribution in [0.3, 0.4) is 0 Å². The molecule has 1 aromatic heterocycles. The number of aliphatic hydroxyl groups excluding tert-OH is 1. The molecular formula is C12H11F3N2O. The van der Waals surface area contributed by atoms with Gasteiger partial charge in [-0.3, -0.25) is 0 Å². The fraction of sp³-hybridized carbons (Fsp3) is 0.250. The molecular weight excluding hydrogens is 245 g/mol. The Labute approximate surface area is 101 Å². The average molecular weight is 256 g/mol. The molecule has 0 spiro atoms. The van der Waals surface area contributed by atoms with Gasteiger partial charge in [0.15, 0.2) is 5.69 Å². The Morgan fingerprint density at radius 2 is 1.83 bits per heavy atom. The highest BCUT2D eigenvalue weighted by atomic mass is 19.4. The van der Waals surface area contributed by atoms with Crippen molar-refractivity contribution in [2.45, 2.75) is 12.6 Å². The Morgan fingerprint density at radius 3 is 2.39 bits per heavy atom. The molecule has 3 nitrogen and oxygen atoms in total. The largest absolute Gasteiger partial charge is 0.435 e. The van der Waals surface area contributed by atoms with E-state index < -0.39 is 11.9 Å². The van der Waals surface area contributed by atoms with Crippen LogP contribution >= 0.6 is 0 Å². The molecule has 0 aliphatic carbocycles. The number of hydrogen-bond donors (Lipinski definition) is 1. The van der Waals surface area contributed by atoms with Crippen molar-refractivity contribution < 1.29 is 18.3 Å². The van der Waals surface area contributed by atoms with Gasteiger partial charge in [-0.15, -0.1) is 0 Å². The standard InChI is InChI=1S/C12H11F3N2O/c13-12(14,15)11-9(6-7-18)8-17(16-11)10-4-2-1-3-5-10/h1-5,8,18H,6-7H2. The van der Waals surface area contributed by atoms with Gasteiger partial charge in [0.25, 0.3) is 0 Å². The van der Waals surface area contributed by atoms with Crippen molar-refractivity contribution in [1.29, 1.82) is 0 Å². The quantitative estimate of drug-likeness (QED) is 0.915. The highest BCUT2D eigenvalue weighted by Crippen LogP contribution is 2.31. The molecule has 0 amide bonds. The molecule has 1 heterocycles. The second-order valence-electron chi connectivity index (χ2n) is 3.75. The SMILES string of the molecule is OCCc1cn(-c2ccccc2)nc1C(F)(F)F. The Hall–Kier alpha value is -1.82. The summed E-state index contributed by atoms with van der Waals surface area (Å²) in [6, 6.07) is 8.53. The number of alkyl halides is 3. The first kappa shape index (κ1) is 12.6. The van der Waals surface area contributed by atoms with Gasteiger partial charge in [0.1, 0.15) is 0 Å². The molecule has 1 N–H and O–H groups in total. The van der Waals surface area contributed by atoms with Crippen molar-refractivity contribution in [3.05, 3.63) is 47.8 Å². The molecule has 0 bridgehead atoms. The molecule has 2 rings (SSSR count). The summed E-state index contributed by atoms with van der Waals surface area (Å²) in [6.45, 7) is -0.344. The van der Waals surface area contributed by atoms with Crippen LogP contribution in [-0.2, 0) is 12.6 Å². The van der Waals surface area contributed by atoms with E-state index in [-0.39, 0.29) is 18.6 Å². The number of nitrogens with zero attached hydrogens (tertiary/aromatic N) is 2. The van der Waals surface area contributed by atoms with Crippen LogP contribution in [0, 0.1) is 0 Å². The molecule has 1 aromatic carbocycles. The first-order chi connectivity index (χ1) is 8.52. The fourth-order valence-electron chi connectivity index (χ4n) is 1.66. The number of benzene rings is 1. The van der Waals surface area contributed by atoms with Gasteiger partial charge >= 0.3 is 6.18 Å². The van der Waals surface area contributed by atoms with Crippen molar-refractivity contribution in [3.63, 3.8) is 0 Å². The minimum absolute atomic E-state index is 0.00569. The Kier molecular flexibility index (Phi) is 3.38. The molecule has 0 unspecified atom stereocenters. The van der Waals surface area contributed by atoms with Crippen LogP contribution in [0.15, 0.2) is 36.5 Å². The van der Waals surface area contributed by atoms with E-state index in [1.54, 1.807) is 30.3 Å². The van der Waals surface area contributed by atoms with Crippen molar-refractivity contribution in [1.82, 2.24) is 9.78 Å². The topological polar surface area (TPSA) is 38.0 Å². The number of para-hydroxylation sites is 1. The third-order valence-corrected chi connectivity index (χ3v) is 2.46. The maximum atomic E-state index is 12.7. The second kappa shape index (κ2) is 4.81. The zero-order valence-electron chi connectivity index (χ0n) is 9.35. The molecule has 18 heavy (non-hydrogen) atoms. The maximum Gasteiger partial charge on any atom is 0.435 e. The van der Waals surface area contributed by atoms with Crippen LogP contribution in [0.2, 0.25) is 0 Å². The normalized spacial score (nSPS) is 11.8. The molecule has 2 aromatic rings. The van der Waals surface area contributed by atoms with E-state index in [1.165, 1.54) is 10.9 Å². The Balaban J connectivity index is 2.46. The summed E-state index contributed by atoms with van der Waals surface area (Å²) in [5, 5.41) is 12.3. The van der Waals surface area contributed by atoms with Crippen LogP contribution in [0.1, 0.15) is 11.3 Å². The number of hydrogen-bond acceptors (Lipinski definition) is 2. The van der Waals surface area contributed by atoms with E-state index in [1.807, 2.05) is 0 Å². The summed E-state index contributed by atoms with van der Waals surface area (Å²) in [7, 11) is 0. The third kappa shape index (κ3) is 2.53. The van der Waals surface area contributed by atoms with Gasteiger partial charge in [0.05, 0.1) is 5.69 Å². The van der Waals surface area contributed by atoms with Gasteiger partial charge in [-0.1, -0.05) is 18.2 Å². The van der Waals surface area contributed by atoms with Crippen LogP contribution < -0.4 is 0 Å². The first-order valence-electron chi connectivity index (χ1n) is 5.34. The first-order valence-corrected chi connectivity index (χ1v) is 5.34. The average Bonchev–Trinajstić information content (AvgIpc) is 2.75. The van der Waals surface area contributed by atoms with E-state index in [0.717, 1.165) is 0 Å². The van der Waals surface area contributed by atoms with Crippen LogP contribution in [0.4, 0.5) is 13.2 Å². The second-order valence-corrected chi connectivity index (χ2v) is 3.75. The Morgan fingerprint density at radius 1 is 1.17 bits per heavy atom. The maximum absolute atomic E-state index is 12.7. The summed E-state index contributed by atoms with van der Waals surface area (Å²) in [5.41, 5.74) is -0.401. The van der Waals surface area contributed by atoms with Crippen LogP contribution in [0.5, 0.6) is 0 Å². The number of rotatable bonds is 3. The highest BCUT2D eigenvalue weighted by Gasteiger charge is 2.36. The lowest BCUT2D eigenvalue weighted by Crippen LogP contribution is -2.10. The molecule has 96 valence electrons. The zero-order chi connectivity index (χ0) is 13.2. The van der Waals surface area contributed by atoms with Crippen molar-refractivity contribution in [3.8, 4) is 5.69 Å². The number of aromatic nitrogens is 2. The minimum atomic E-state index is -4.51. The number of aliphatic hydroxyl groups is 1. The van der Waals surface area contributed by atoms with E-state index in [4.69, 9.17) is 5.11 Å². The molecule has 0 aliphatic heterocycles. The van der Waals surface area contributed by atoms with E-state index in [2.05, 4.69) is 5.10 Å². The predicted molar refractivity (Wildman–Crippen MR) is 59.4 cm³/mol. The molecule has 0 atom stereocenters. The van der Waals surface area contributed by atoms with Gasteiger partial charge in [-0.2, -0.15) is 18.3 Å². The monoisotopic (exact) mass is 256 g/mol. The minimum Gasteiger partial charge on any atom is -0.396 e. The molecule has 0 saturated heterocycles. The lowest BCUT2D eigenvalue weighted by molar-refractivity contribution is -0.142. The van der Waals surface area contributed by atoms with Crippen LogP contribution in [-0.4, -0.2) is 21.5 Å². The van der Waals surface area contributed by atoms with E-state index in [0.29, 0.717) is 5.69 Å². The van der Waals surface area contributed by atoms with Gasteiger partial charge < -0.3 is 5.11 Å². The fourth-order valence-corrected chi connectivity index (χ4v) is 1.66. The summed E-state index contributed by atoms with van der Waals surface area (Å²) in [6.07, 6.45) is -3.28. The smallest absolute Gasteiger partial charge is 0.396 e. The molecule has 6 heteroatoms. The zero-order valence-corrected chi connectivity index (χ0v) is 9.35. The predicted octanol–water partition coefficient (Wildman–Crippen LogP) is 2.43. The summed E-state index contributed by atoms with van der Waals surface area (Å²) < 4.78 is 39.4. The van der Waals surface area contributed by atoms with Gasteiger partial charge in [0, 0.05) is 18.4 Å². The number of halogens is 3. The molecule has 0 radical (unpaired) electrons. The lowest BCUT2D eigenvalue weighted by atomic mass is 10.2. The molecule has 0 fully saturated rings. The van der Waals surface area contributed by atoms with Crippen molar-refractivity contribution in [2.75, 3.05) is 6.61 Å². The molecule has 0 saturated carbocycles. The Bertz CT molecular complexity index is 520. The van der Waals surface area contributed by atoms with Gasteiger partial charge in [-0.25, -0.2) is 4.68 Å². The van der Waals surface area contributed by atoms with Gasteiger partial charge in [-0.05, 0) is 18.6 Å². The summed E-state index contributed by atoms with van der Waals surface area (Å²) >= 11 is 0. The molecule has 0 aliphatic rings. The van der Waals surface area contributed by atoms with E-state index in [9.17, 15) is 13.2 Å². The van der Waals surface area contributed by atoms with Crippen LogP contribution in [0.25, 0.3) is 5.69 Å². The van der Waals surface area contributed by atoms with E-state index >= 15 is 0 Å². The van der Waals surface area contributed by atoms with Crippen molar-refractivity contribution >= 4 is 0 Å². The van der Waals surface area contributed by atoms with Gasteiger partial charge in [0.2, 0.25) is 0 Å². The summed E-state index contributed by atoms with van der Waals surface area (Å²) in [4.78, 5) is 0. The lowest BCUT2D eigenvalue weighted by Gasteiger charge is -2.04. The van der Waals surface area contributed by atoms with Crippen molar-refractivity contribution in [2.24, 2.45) is 0 Å². The highest BCUT2D eigenvalue weighted by molar-refractivity contribution is 5.33. The summed E-state index contributed by atoms with van der Waals surface area (Å²) in [5.74, 6) is 0.